The minimum Gasteiger partial charge on any atom is -0.492 e. The van der Waals surface area contributed by atoms with Crippen LogP contribution in [0.4, 0.5) is 27.4 Å². The molecule has 3 heterocycles. The highest BCUT2D eigenvalue weighted by Crippen LogP contribution is 2.34. The minimum atomic E-state index is -0.462. The van der Waals surface area contributed by atoms with E-state index in [1.54, 1.807) is 36.5 Å². The topological polar surface area (TPSA) is 128 Å². The number of nitrogens with one attached hydrogen (secondary N) is 2. The number of rotatable bonds is 8. The summed E-state index contributed by atoms with van der Waals surface area (Å²) in [7, 11) is 0. The zero-order valence-electron chi connectivity index (χ0n) is 23.1. The number of benzene rings is 3. The Balaban J connectivity index is 1.22. The van der Waals surface area contributed by atoms with Crippen molar-refractivity contribution in [1.82, 2.24) is 19.9 Å². The van der Waals surface area contributed by atoms with Crippen LogP contribution >= 0.6 is 0 Å². The van der Waals surface area contributed by atoms with Crippen molar-refractivity contribution < 1.29 is 18.7 Å². The van der Waals surface area contributed by atoms with Crippen molar-refractivity contribution in [2.45, 2.75) is 6.92 Å². The van der Waals surface area contributed by atoms with E-state index in [1.165, 1.54) is 12.4 Å². The Bertz CT molecular complexity index is 1780. The molecule has 0 aliphatic carbocycles. The van der Waals surface area contributed by atoms with Crippen molar-refractivity contribution in [3.63, 3.8) is 0 Å². The summed E-state index contributed by atoms with van der Waals surface area (Å²) in [5.41, 5.74) is 8.56. The zero-order valence-corrected chi connectivity index (χ0v) is 23.1. The molecule has 1 fully saturated rings. The monoisotopic (exact) mass is 567 g/mol. The lowest BCUT2D eigenvalue weighted by Gasteiger charge is -2.26. The molecular formula is C31H30FN7O3. The highest BCUT2D eigenvalue weighted by atomic mass is 19.1. The summed E-state index contributed by atoms with van der Waals surface area (Å²) < 4.78 is 26.2. The van der Waals surface area contributed by atoms with Crippen LogP contribution < -0.4 is 21.1 Å². The van der Waals surface area contributed by atoms with Gasteiger partial charge in [-0.25, -0.2) is 19.3 Å². The molecule has 5 aromatic rings. The molecule has 10 nitrogen and oxygen atoms in total. The van der Waals surface area contributed by atoms with Crippen molar-refractivity contribution in [3.8, 4) is 5.75 Å². The number of pyridine rings is 1. The van der Waals surface area contributed by atoms with Crippen molar-refractivity contribution in [1.29, 1.82) is 0 Å². The third-order valence-electron chi connectivity index (χ3n) is 7.31. The predicted octanol–water partition coefficient (Wildman–Crippen LogP) is 4.91. The fourth-order valence-corrected chi connectivity index (χ4v) is 5.03. The number of nitrogen functional groups attached to an aromatic ring is 1. The molecule has 0 bridgehead atoms. The molecule has 1 saturated heterocycles. The second kappa shape index (κ2) is 11.9. The number of para-hydroxylation sites is 1. The van der Waals surface area contributed by atoms with Crippen LogP contribution in [0.25, 0.3) is 21.7 Å². The van der Waals surface area contributed by atoms with E-state index in [-0.39, 0.29) is 11.6 Å². The number of fused-ring (bicyclic) bond motifs is 2. The van der Waals surface area contributed by atoms with E-state index in [4.69, 9.17) is 15.2 Å². The van der Waals surface area contributed by atoms with Crippen molar-refractivity contribution in [2.75, 3.05) is 55.8 Å². The Kier molecular flexibility index (Phi) is 7.76. The molecule has 1 aliphatic rings. The maximum atomic E-state index is 15.1. The van der Waals surface area contributed by atoms with Crippen molar-refractivity contribution in [2.24, 2.45) is 0 Å². The van der Waals surface area contributed by atoms with Crippen LogP contribution in [0.3, 0.4) is 0 Å². The van der Waals surface area contributed by atoms with Crippen LogP contribution in [0.1, 0.15) is 15.9 Å². The van der Waals surface area contributed by atoms with Gasteiger partial charge in [-0.15, -0.1) is 0 Å². The average molecular weight is 568 g/mol. The molecule has 2 aromatic heterocycles. The van der Waals surface area contributed by atoms with E-state index in [9.17, 15) is 4.79 Å². The number of hydrogen-bond acceptors (Lipinski definition) is 9. The first kappa shape index (κ1) is 27.3. The lowest BCUT2D eigenvalue weighted by Crippen LogP contribution is -2.38. The SMILES string of the molecule is Cc1ccc2c(Nc3ccc(OCCN4CCOCC4)cc3F)nccc2c1NC(=O)c1cccc2c(N)ncnc12. The molecule has 0 saturated carbocycles. The summed E-state index contributed by atoms with van der Waals surface area (Å²) >= 11 is 0. The number of carbonyl (C=O) groups excluding carboxylic acids is 1. The number of carbonyl (C=O) groups is 1. The molecule has 6 rings (SSSR count). The van der Waals surface area contributed by atoms with Gasteiger partial charge in [-0.05, 0) is 42.8 Å². The molecule has 42 heavy (non-hydrogen) atoms. The van der Waals surface area contributed by atoms with Gasteiger partial charge < -0.3 is 25.8 Å². The van der Waals surface area contributed by atoms with Crippen LogP contribution in [0.2, 0.25) is 0 Å². The van der Waals surface area contributed by atoms with Gasteiger partial charge in [0.2, 0.25) is 0 Å². The van der Waals surface area contributed by atoms with Gasteiger partial charge in [0.25, 0.3) is 5.91 Å². The van der Waals surface area contributed by atoms with Gasteiger partial charge in [0.15, 0.2) is 0 Å². The van der Waals surface area contributed by atoms with Gasteiger partial charge in [0, 0.05) is 48.1 Å². The molecule has 214 valence electrons. The second-order valence-electron chi connectivity index (χ2n) is 10.00. The normalized spacial score (nSPS) is 13.8. The Hall–Kier alpha value is -4.87. The Labute approximate surface area is 241 Å². The number of nitrogens with two attached hydrogens (primary N) is 1. The van der Waals surface area contributed by atoms with Gasteiger partial charge in [0.1, 0.15) is 36.1 Å². The van der Waals surface area contributed by atoms with Crippen LogP contribution in [0, 0.1) is 12.7 Å². The Morgan fingerprint density at radius 2 is 1.90 bits per heavy atom. The molecule has 0 radical (unpaired) electrons. The van der Waals surface area contributed by atoms with Gasteiger partial charge >= 0.3 is 0 Å². The van der Waals surface area contributed by atoms with Crippen molar-refractivity contribution in [3.05, 3.63) is 84.1 Å². The average Bonchev–Trinajstić information content (AvgIpc) is 3.00. The van der Waals surface area contributed by atoms with E-state index in [2.05, 4.69) is 30.5 Å². The fourth-order valence-electron chi connectivity index (χ4n) is 5.03. The number of amides is 1. The Morgan fingerprint density at radius 3 is 2.74 bits per heavy atom. The molecule has 1 amide bonds. The van der Waals surface area contributed by atoms with Gasteiger partial charge in [-0.2, -0.15) is 0 Å². The predicted molar refractivity (Wildman–Crippen MR) is 161 cm³/mol. The largest absolute Gasteiger partial charge is 0.492 e. The van der Waals surface area contributed by atoms with E-state index >= 15 is 4.39 Å². The summed E-state index contributed by atoms with van der Waals surface area (Å²) in [4.78, 5) is 28.4. The third kappa shape index (κ3) is 5.65. The first-order chi connectivity index (χ1) is 20.5. The quantitative estimate of drug-likeness (QED) is 0.240. The number of nitrogens with zero attached hydrogens (tertiary/aromatic N) is 4. The van der Waals surface area contributed by atoms with E-state index in [0.29, 0.717) is 51.5 Å². The van der Waals surface area contributed by atoms with Gasteiger partial charge in [-0.1, -0.05) is 18.2 Å². The van der Waals surface area contributed by atoms with Crippen LogP contribution in [0.15, 0.2) is 67.1 Å². The molecule has 4 N–H and O–H groups in total. The number of anilines is 4. The number of morpholine rings is 1. The van der Waals surface area contributed by atoms with E-state index in [1.807, 2.05) is 25.1 Å². The summed E-state index contributed by atoms with van der Waals surface area (Å²) in [5, 5.41) is 8.21. The maximum absolute atomic E-state index is 15.1. The molecular weight excluding hydrogens is 537 g/mol. The molecule has 0 atom stereocenters. The third-order valence-corrected chi connectivity index (χ3v) is 7.31. The minimum absolute atomic E-state index is 0.259. The lowest BCUT2D eigenvalue weighted by molar-refractivity contribution is 0.0322. The summed E-state index contributed by atoms with van der Waals surface area (Å²) in [5.74, 6) is 0.413. The number of halogens is 1. The Morgan fingerprint density at radius 1 is 1.05 bits per heavy atom. The smallest absolute Gasteiger partial charge is 0.257 e. The first-order valence-corrected chi connectivity index (χ1v) is 13.7. The lowest BCUT2D eigenvalue weighted by atomic mass is 10.0. The van der Waals surface area contributed by atoms with Gasteiger partial charge in [-0.3, -0.25) is 9.69 Å². The van der Waals surface area contributed by atoms with Crippen LogP contribution in [-0.2, 0) is 4.74 Å². The summed E-state index contributed by atoms with van der Waals surface area (Å²) in [6.45, 7) is 6.31. The number of hydrogen-bond donors (Lipinski definition) is 3. The second-order valence-corrected chi connectivity index (χ2v) is 10.00. The van der Waals surface area contributed by atoms with Gasteiger partial charge in [0.05, 0.1) is 35.7 Å². The fraction of sp³-hybridized carbons (Fsp3) is 0.226. The molecule has 1 aliphatic heterocycles. The summed E-state index contributed by atoms with van der Waals surface area (Å²) in [6, 6.07) is 15.5. The molecule has 0 unspecified atom stereocenters. The highest BCUT2D eigenvalue weighted by Gasteiger charge is 2.17. The molecule has 0 spiro atoms. The van der Waals surface area contributed by atoms with Crippen LogP contribution in [0.5, 0.6) is 5.75 Å². The molecule has 3 aromatic carbocycles. The van der Waals surface area contributed by atoms with Crippen molar-refractivity contribution >= 4 is 50.6 Å². The highest BCUT2D eigenvalue weighted by molar-refractivity contribution is 6.16. The number of ether oxygens (including phenoxy) is 2. The van der Waals surface area contributed by atoms with Crippen LogP contribution in [-0.4, -0.2) is 65.2 Å². The maximum Gasteiger partial charge on any atom is 0.257 e. The zero-order chi connectivity index (χ0) is 29.1. The van der Waals surface area contributed by atoms with E-state index < -0.39 is 5.82 Å². The van der Waals surface area contributed by atoms with E-state index in [0.717, 1.165) is 43.8 Å². The standard InChI is InChI=1S/C31H30FN7O3/c1-19-5-7-22-21(27(19)38-31(40)24-4-2-3-23-28(24)35-18-36-29(23)33)9-10-34-30(22)37-26-8-6-20(17-25(26)32)42-16-13-39-11-14-41-15-12-39/h2-10,17-18H,11-16H2,1H3,(H,34,37)(H,38,40)(H2,33,35,36). The number of aromatic nitrogens is 3. The number of aryl methyl sites for hydroxylation is 1. The first-order valence-electron chi connectivity index (χ1n) is 13.7. The summed E-state index contributed by atoms with van der Waals surface area (Å²) in [6.07, 6.45) is 2.96. The molecule has 11 heteroatoms.